The molecule has 2 rings (SSSR count). The van der Waals surface area contributed by atoms with Gasteiger partial charge in [0.2, 0.25) is 0 Å². The summed E-state index contributed by atoms with van der Waals surface area (Å²) in [6.45, 7) is 6.07. The van der Waals surface area contributed by atoms with Crippen molar-refractivity contribution in [1.29, 1.82) is 0 Å². The van der Waals surface area contributed by atoms with Crippen LogP contribution in [-0.2, 0) is 0 Å². The number of carbonyl (C=O) groups excluding carboxylic acids is 1. The molecule has 0 bridgehead atoms. The first-order chi connectivity index (χ1) is 9.06. The number of ketones is 1. The molecular weight excluding hydrogens is 258 g/mol. The van der Waals surface area contributed by atoms with Crippen LogP contribution < -0.4 is 0 Å². The van der Waals surface area contributed by atoms with Gasteiger partial charge >= 0.3 is 0 Å². The highest BCUT2D eigenvalue weighted by Gasteiger charge is 2.10. The third kappa shape index (κ3) is 3.67. The average Bonchev–Trinajstić information content (AvgIpc) is 2.89. The summed E-state index contributed by atoms with van der Waals surface area (Å²) in [5, 5.41) is 0.858. The maximum absolute atomic E-state index is 11.9. The Bertz CT molecular complexity index is 564. The van der Waals surface area contributed by atoms with E-state index >= 15 is 0 Å². The maximum atomic E-state index is 11.9. The molecule has 1 N–H and O–H groups in total. The van der Waals surface area contributed by atoms with Crippen molar-refractivity contribution < 1.29 is 4.79 Å². The predicted molar refractivity (Wildman–Crippen MR) is 76.7 cm³/mol. The summed E-state index contributed by atoms with van der Waals surface area (Å²) in [5.41, 5.74) is 1.58. The van der Waals surface area contributed by atoms with Crippen LogP contribution >= 0.6 is 11.8 Å². The van der Waals surface area contributed by atoms with Gasteiger partial charge in [0.15, 0.2) is 5.78 Å². The van der Waals surface area contributed by atoms with Crippen molar-refractivity contribution in [2.75, 3.05) is 5.75 Å². The Morgan fingerprint density at radius 2 is 2.21 bits per heavy atom. The Kier molecular flexibility index (Phi) is 4.37. The molecule has 0 fully saturated rings. The molecule has 5 heteroatoms. The van der Waals surface area contributed by atoms with Gasteiger partial charge in [0.25, 0.3) is 0 Å². The molecule has 100 valence electrons. The lowest BCUT2D eigenvalue weighted by atomic mass is 10.2. The fraction of sp³-hybridized carbons (Fsp3) is 0.357. The van der Waals surface area contributed by atoms with Gasteiger partial charge in [-0.05, 0) is 25.1 Å². The fourth-order valence-electron chi connectivity index (χ4n) is 1.61. The topological polar surface area (TPSA) is 58.6 Å². The quantitative estimate of drug-likeness (QED) is 0.517. The van der Waals surface area contributed by atoms with Crippen LogP contribution in [0.2, 0.25) is 0 Å². The van der Waals surface area contributed by atoms with Crippen LogP contribution in [-0.4, -0.2) is 26.5 Å². The summed E-state index contributed by atoms with van der Waals surface area (Å²) in [6, 6.07) is 5.52. The van der Waals surface area contributed by atoms with Crippen LogP contribution in [0.25, 0.3) is 0 Å². The van der Waals surface area contributed by atoms with Gasteiger partial charge in [-0.25, -0.2) is 9.97 Å². The Balaban J connectivity index is 2.05. The zero-order valence-corrected chi connectivity index (χ0v) is 12.1. The summed E-state index contributed by atoms with van der Waals surface area (Å²) in [7, 11) is 0. The Labute approximate surface area is 117 Å². The number of carbonyl (C=O) groups is 1. The molecule has 19 heavy (non-hydrogen) atoms. The number of hydrogen-bond donors (Lipinski definition) is 1. The van der Waals surface area contributed by atoms with Crippen LogP contribution in [0.4, 0.5) is 0 Å². The number of aromatic amines is 1. The first-order valence-corrected chi connectivity index (χ1v) is 7.20. The normalized spacial score (nSPS) is 10.9. The third-order valence-electron chi connectivity index (χ3n) is 2.61. The maximum Gasteiger partial charge on any atom is 0.189 e. The lowest BCUT2D eigenvalue weighted by molar-refractivity contribution is 0.101. The first kappa shape index (κ1) is 13.8. The van der Waals surface area contributed by atoms with E-state index in [-0.39, 0.29) is 5.78 Å². The van der Waals surface area contributed by atoms with Crippen LogP contribution in [0.5, 0.6) is 0 Å². The van der Waals surface area contributed by atoms with E-state index in [2.05, 4.69) is 28.8 Å². The average molecular weight is 275 g/mol. The van der Waals surface area contributed by atoms with E-state index in [1.54, 1.807) is 12.3 Å². The molecule has 2 heterocycles. The van der Waals surface area contributed by atoms with Gasteiger partial charge in [-0.3, -0.25) is 4.79 Å². The number of H-pyrrole nitrogens is 1. The van der Waals surface area contributed by atoms with Crippen molar-refractivity contribution in [3.63, 3.8) is 0 Å². The van der Waals surface area contributed by atoms with Gasteiger partial charge < -0.3 is 4.98 Å². The summed E-state index contributed by atoms with van der Waals surface area (Å²) in [5.74, 6) is 1.58. The SMILES string of the molecule is Cc1cc(SCC(=O)c2ccc[nH]2)nc(C(C)C)n1. The molecule has 0 aromatic carbocycles. The lowest BCUT2D eigenvalue weighted by Gasteiger charge is -2.07. The lowest BCUT2D eigenvalue weighted by Crippen LogP contribution is -2.04. The largest absolute Gasteiger partial charge is 0.359 e. The van der Waals surface area contributed by atoms with Crippen molar-refractivity contribution >= 4 is 17.5 Å². The van der Waals surface area contributed by atoms with Crippen LogP contribution in [0.15, 0.2) is 29.4 Å². The number of Topliss-reactive ketones (excluding diaryl/α,β-unsaturated/α-hetero) is 1. The molecule has 2 aromatic rings. The third-order valence-corrected chi connectivity index (χ3v) is 3.53. The molecule has 0 saturated carbocycles. The highest BCUT2D eigenvalue weighted by molar-refractivity contribution is 7.99. The summed E-state index contributed by atoms with van der Waals surface area (Å²) in [6.07, 6.45) is 1.75. The number of aryl methyl sites for hydroxylation is 1. The van der Waals surface area contributed by atoms with Gasteiger partial charge in [0, 0.05) is 17.8 Å². The minimum absolute atomic E-state index is 0.0809. The highest BCUT2D eigenvalue weighted by atomic mass is 32.2. The van der Waals surface area contributed by atoms with Crippen molar-refractivity contribution in [3.05, 3.63) is 41.6 Å². The number of rotatable bonds is 5. The van der Waals surface area contributed by atoms with Crippen molar-refractivity contribution in [1.82, 2.24) is 15.0 Å². The second-order valence-electron chi connectivity index (χ2n) is 4.66. The standard InChI is InChI=1S/C14H17N3OS/c1-9(2)14-16-10(3)7-13(17-14)19-8-12(18)11-5-4-6-15-11/h4-7,9,15H,8H2,1-3H3. The van der Waals surface area contributed by atoms with Crippen molar-refractivity contribution in [3.8, 4) is 0 Å². The molecule has 0 unspecified atom stereocenters. The van der Waals surface area contributed by atoms with E-state index in [9.17, 15) is 4.79 Å². The molecular formula is C14H17N3OS. The van der Waals surface area contributed by atoms with Gasteiger partial charge in [-0.2, -0.15) is 0 Å². The van der Waals surface area contributed by atoms with E-state index < -0.39 is 0 Å². The predicted octanol–water partition coefficient (Wildman–Crippen LogP) is 3.21. The van der Waals surface area contributed by atoms with Crippen LogP contribution in [0, 0.1) is 6.92 Å². The van der Waals surface area contributed by atoms with Gasteiger partial charge in [0.1, 0.15) is 10.9 Å². The first-order valence-electron chi connectivity index (χ1n) is 6.21. The molecule has 0 saturated heterocycles. The van der Waals surface area contributed by atoms with E-state index in [1.807, 2.05) is 19.1 Å². The number of hydrogen-bond acceptors (Lipinski definition) is 4. The van der Waals surface area contributed by atoms with Gasteiger partial charge in [-0.1, -0.05) is 25.6 Å². The second kappa shape index (κ2) is 6.02. The number of aromatic nitrogens is 3. The number of nitrogens with one attached hydrogen (secondary N) is 1. The van der Waals surface area contributed by atoms with E-state index in [0.29, 0.717) is 17.4 Å². The summed E-state index contributed by atoms with van der Waals surface area (Å²) >= 11 is 1.45. The number of nitrogens with zero attached hydrogens (tertiary/aromatic N) is 2. The minimum Gasteiger partial charge on any atom is -0.359 e. The molecule has 4 nitrogen and oxygen atoms in total. The molecule has 0 atom stereocenters. The molecule has 0 radical (unpaired) electrons. The van der Waals surface area contributed by atoms with Crippen molar-refractivity contribution in [2.24, 2.45) is 0 Å². The monoisotopic (exact) mass is 275 g/mol. The highest BCUT2D eigenvalue weighted by Crippen LogP contribution is 2.20. The van der Waals surface area contributed by atoms with Crippen LogP contribution in [0.3, 0.4) is 0 Å². The van der Waals surface area contributed by atoms with Gasteiger partial charge in [0.05, 0.1) is 11.4 Å². The smallest absolute Gasteiger partial charge is 0.189 e. The molecule has 2 aromatic heterocycles. The fourth-order valence-corrected chi connectivity index (χ4v) is 2.46. The van der Waals surface area contributed by atoms with Gasteiger partial charge in [-0.15, -0.1) is 0 Å². The van der Waals surface area contributed by atoms with E-state index in [0.717, 1.165) is 16.5 Å². The minimum atomic E-state index is 0.0809. The molecule has 0 aliphatic carbocycles. The molecule has 0 aliphatic rings. The molecule has 0 amide bonds. The Morgan fingerprint density at radius 1 is 1.42 bits per heavy atom. The van der Waals surface area contributed by atoms with E-state index in [1.165, 1.54) is 11.8 Å². The zero-order chi connectivity index (χ0) is 13.8. The second-order valence-corrected chi connectivity index (χ2v) is 5.65. The summed E-state index contributed by atoms with van der Waals surface area (Å²) in [4.78, 5) is 23.7. The van der Waals surface area contributed by atoms with Crippen LogP contribution in [0.1, 0.15) is 41.8 Å². The summed E-state index contributed by atoms with van der Waals surface area (Å²) < 4.78 is 0. The Morgan fingerprint density at radius 3 is 2.84 bits per heavy atom. The van der Waals surface area contributed by atoms with Crippen molar-refractivity contribution in [2.45, 2.75) is 31.7 Å². The number of thioether (sulfide) groups is 1. The molecule has 0 spiro atoms. The zero-order valence-electron chi connectivity index (χ0n) is 11.3. The molecule has 0 aliphatic heterocycles. The Hall–Kier alpha value is -1.62. The van der Waals surface area contributed by atoms with E-state index in [4.69, 9.17) is 0 Å².